The Labute approximate surface area is 74.0 Å². The minimum absolute atomic E-state index is 0.329. The summed E-state index contributed by atoms with van der Waals surface area (Å²) in [5.74, 6) is -0.329. The smallest absolute Gasteiger partial charge is 0.237 e. The van der Waals surface area contributed by atoms with E-state index in [2.05, 4.69) is 11.9 Å². The molecule has 0 bridgehead atoms. The maximum absolute atomic E-state index is 10.8. The molecule has 0 radical (unpaired) electrons. The Balaban J connectivity index is 3.76. The van der Waals surface area contributed by atoms with E-state index in [1.807, 2.05) is 6.92 Å². The van der Waals surface area contributed by atoms with Crippen LogP contribution in [0.2, 0.25) is 0 Å². The largest absolute Gasteiger partial charge is 0.368 e. The molecule has 70 valence electrons. The third-order valence-corrected chi connectivity index (χ3v) is 1.73. The van der Waals surface area contributed by atoms with Crippen molar-refractivity contribution in [1.82, 2.24) is 5.32 Å². The molecule has 0 spiro atoms. The summed E-state index contributed by atoms with van der Waals surface area (Å²) >= 11 is 0. The number of primary amides is 1. The predicted octanol–water partition coefficient (Wildman–Crippen LogP) is 0.806. The van der Waals surface area contributed by atoms with Crippen LogP contribution in [0.5, 0.6) is 0 Å². The Hall–Kier alpha value is -0.830. The highest BCUT2D eigenvalue weighted by Crippen LogP contribution is 2.01. The van der Waals surface area contributed by atoms with Crippen LogP contribution >= 0.6 is 0 Å². The van der Waals surface area contributed by atoms with Crippen LogP contribution in [0.25, 0.3) is 0 Å². The van der Waals surface area contributed by atoms with Crippen LogP contribution in [0.1, 0.15) is 27.2 Å². The molecule has 0 aliphatic carbocycles. The number of amides is 1. The molecular formula is C9H18N2O. The summed E-state index contributed by atoms with van der Waals surface area (Å²) in [6, 6.07) is 0. The monoisotopic (exact) mass is 170 g/mol. The van der Waals surface area contributed by atoms with E-state index >= 15 is 0 Å². The van der Waals surface area contributed by atoms with Crippen molar-refractivity contribution in [1.29, 1.82) is 0 Å². The molecule has 3 nitrogen and oxygen atoms in total. The molecule has 0 rings (SSSR count). The lowest BCUT2D eigenvalue weighted by atomic mass is 10.0. The number of nitrogens with one attached hydrogen (secondary N) is 1. The first-order valence-corrected chi connectivity index (χ1v) is 4.05. The molecule has 3 N–H and O–H groups in total. The molecule has 0 saturated carbocycles. The van der Waals surface area contributed by atoms with Gasteiger partial charge in [-0.3, -0.25) is 4.79 Å². The lowest BCUT2D eigenvalue weighted by Gasteiger charge is -2.22. The van der Waals surface area contributed by atoms with Gasteiger partial charge in [-0.1, -0.05) is 5.57 Å². The molecule has 0 aromatic carbocycles. The van der Waals surface area contributed by atoms with Gasteiger partial charge in [0.25, 0.3) is 0 Å². The second-order valence-electron chi connectivity index (χ2n) is 3.62. The number of carbonyl (C=O) groups excluding carboxylic acids is 1. The molecule has 0 aromatic rings. The Morgan fingerprint density at radius 2 is 2.08 bits per heavy atom. The van der Waals surface area contributed by atoms with Gasteiger partial charge in [0.05, 0.1) is 5.54 Å². The Morgan fingerprint density at radius 1 is 1.58 bits per heavy atom. The van der Waals surface area contributed by atoms with Crippen molar-refractivity contribution >= 4 is 5.91 Å². The number of hydrogen-bond acceptors (Lipinski definition) is 2. The lowest BCUT2D eigenvalue weighted by Crippen LogP contribution is -2.50. The molecule has 0 atom stereocenters. The Morgan fingerprint density at radius 3 is 2.42 bits per heavy atom. The van der Waals surface area contributed by atoms with Gasteiger partial charge in [0.2, 0.25) is 5.91 Å². The highest BCUT2D eigenvalue weighted by Gasteiger charge is 2.22. The van der Waals surface area contributed by atoms with Crippen LogP contribution < -0.4 is 11.1 Å². The summed E-state index contributed by atoms with van der Waals surface area (Å²) in [6.07, 6.45) is 0.872. The van der Waals surface area contributed by atoms with Crippen molar-refractivity contribution in [3.05, 3.63) is 12.2 Å². The molecule has 0 heterocycles. The van der Waals surface area contributed by atoms with Crippen LogP contribution in [0, 0.1) is 0 Å². The van der Waals surface area contributed by atoms with Crippen molar-refractivity contribution in [2.24, 2.45) is 5.73 Å². The SMILES string of the molecule is C=C(C)CCNC(C)(C)C(N)=O. The van der Waals surface area contributed by atoms with E-state index in [0.29, 0.717) is 0 Å². The van der Waals surface area contributed by atoms with Crippen molar-refractivity contribution in [3.63, 3.8) is 0 Å². The van der Waals surface area contributed by atoms with E-state index in [-0.39, 0.29) is 5.91 Å². The van der Waals surface area contributed by atoms with Gasteiger partial charge in [-0.25, -0.2) is 0 Å². The molecule has 0 fully saturated rings. The Kier molecular flexibility index (Phi) is 3.96. The predicted molar refractivity (Wildman–Crippen MR) is 50.7 cm³/mol. The minimum Gasteiger partial charge on any atom is -0.368 e. The maximum atomic E-state index is 10.8. The van der Waals surface area contributed by atoms with Gasteiger partial charge in [-0.05, 0) is 33.7 Å². The van der Waals surface area contributed by atoms with E-state index in [0.717, 1.165) is 18.5 Å². The lowest BCUT2D eigenvalue weighted by molar-refractivity contribution is -0.123. The quantitative estimate of drug-likeness (QED) is 0.600. The number of hydrogen-bond donors (Lipinski definition) is 2. The van der Waals surface area contributed by atoms with Crippen molar-refractivity contribution in [2.45, 2.75) is 32.7 Å². The fourth-order valence-corrected chi connectivity index (χ4v) is 0.676. The summed E-state index contributed by atoms with van der Waals surface area (Å²) < 4.78 is 0. The van der Waals surface area contributed by atoms with Crippen molar-refractivity contribution in [3.8, 4) is 0 Å². The van der Waals surface area contributed by atoms with Crippen LogP contribution in [0.15, 0.2) is 12.2 Å². The number of nitrogens with two attached hydrogens (primary N) is 1. The first-order chi connectivity index (χ1) is 5.36. The van der Waals surface area contributed by atoms with Crippen molar-refractivity contribution < 1.29 is 4.79 Å². The highest BCUT2D eigenvalue weighted by molar-refractivity contribution is 5.83. The molecular weight excluding hydrogens is 152 g/mol. The standard InChI is InChI=1S/C9H18N2O/c1-7(2)5-6-11-9(3,4)8(10)12/h11H,1,5-6H2,2-4H3,(H2,10,12). The fourth-order valence-electron chi connectivity index (χ4n) is 0.676. The second-order valence-corrected chi connectivity index (χ2v) is 3.62. The van der Waals surface area contributed by atoms with Crippen LogP contribution in [0.3, 0.4) is 0 Å². The highest BCUT2D eigenvalue weighted by atomic mass is 16.1. The zero-order chi connectivity index (χ0) is 9.78. The summed E-state index contributed by atoms with van der Waals surface area (Å²) in [6.45, 7) is 10.0. The van der Waals surface area contributed by atoms with E-state index in [9.17, 15) is 4.79 Å². The zero-order valence-electron chi connectivity index (χ0n) is 8.11. The molecule has 0 aliphatic rings. The summed E-state index contributed by atoms with van der Waals surface area (Å²) in [4.78, 5) is 10.8. The van der Waals surface area contributed by atoms with Gasteiger partial charge in [0, 0.05) is 0 Å². The average molecular weight is 170 g/mol. The fraction of sp³-hybridized carbons (Fsp3) is 0.667. The van der Waals surface area contributed by atoms with Crippen LogP contribution in [0.4, 0.5) is 0 Å². The molecule has 0 aromatic heterocycles. The Bertz CT molecular complexity index is 185. The second kappa shape index (κ2) is 4.26. The molecule has 0 aliphatic heterocycles. The van der Waals surface area contributed by atoms with Gasteiger partial charge in [-0.2, -0.15) is 0 Å². The maximum Gasteiger partial charge on any atom is 0.237 e. The van der Waals surface area contributed by atoms with Gasteiger partial charge in [0.1, 0.15) is 0 Å². The third kappa shape index (κ3) is 4.13. The first-order valence-electron chi connectivity index (χ1n) is 4.05. The molecule has 1 amide bonds. The van der Waals surface area contributed by atoms with E-state index in [1.165, 1.54) is 0 Å². The normalized spacial score (nSPS) is 11.2. The van der Waals surface area contributed by atoms with Crippen LogP contribution in [-0.4, -0.2) is 18.0 Å². The number of carbonyl (C=O) groups is 1. The topological polar surface area (TPSA) is 55.1 Å². The molecule has 0 unspecified atom stereocenters. The average Bonchev–Trinajstić information content (AvgIpc) is 1.85. The molecule has 12 heavy (non-hydrogen) atoms. The first kappa shape index (κ1) is 11.2. The molecule has 0 saturated heterocycles. The van der Waals surface area contributed by atoms with Gasteiger partial charge in [-0.15, -0.1) is 6.58 Å². The zero-order valence-corrected chi connectivity index (χ0v) is 8.11. The number of rotatable bonds is 5. The van der Waals surface area contributed by atoms with E-state index in [4.69, 9.17) is 5.73 Å². The molecule has 3 heteroatoms. The van der Waals surface area contributed by atoms with Gasteiger partial charge in [0.15, 0.2) is 0 Å². The summed E-state index contributed by atoms with van der Waals surface area (Å²) in [7, 11) is 0. The minimum atomic E-state index is -0.616. The van der Waals surface area contributed by atoms with Crippen LogP contribution in [-0.2, 0) is 4.79 Å². The van der Waals surface area contributed by atoms with E-state index < -0.39 is 5.54 Å². The van der Waals surface area contributed by atoms with Gasteiger partial charge < -0.3 is 11.1 Å². The third-order valence-electron chi connectivity index (χ3n) is 1.73. The van der Waals surface area contributed by atoms with Crippen molar-refractivity contribution in [2.75, 3.05) is 6.54 Å². The van der Waals surface area contributed by atoms with Gasteiger partial charge >= 0.3 is 0 Å². The summed E-state index contributed by atoms with van der Waals surface area (Å²) in [5.41, 5.74) is 5.65. The summed E-state index contributed by atoms with van der Waals surface area (Å²) in [5, 5.41) is 3.05. The van der Waals surface area contributed by atoms with E-state index in [1.54, 1.807) is 13.8 Å².